The predicted octanol–water partition coefficient (Wildman–Crippen LogP) is 2.61. The number of pyridine rings is 1. The maximum atomic E-state index is 13.1. The van der Waals surface area contributed by atoms with Gasteiger partial charge in [-0.15, -0.1) is 0 Å². The summed E-state index contributed by atoms with van der Waals surface area (Å²) in [5, 5.41) is 3.97. The first kappa shape index (κ1) is 17.9. The molecule has 4 rings (SSSR count). The van der Waals surface area contributed by atoms with Gasteiger partial charge in [0.25, 0.3) is 5.91 Å². The third-order valence-corrected chi connectivity index (χ3v) is 5.55. The van der Waals surface area contributed by atoms with Crippen molar-refractivity contribution in [3.63, 3.8) is 0 Å². The van der Waals surface area contributed by atoms with Crippen molar-refractivity contribution < 1.29 is 14.3 Å². The predicted molar refractivity (Wildman–Crippen MR) is 103 cm³/mol. The quantitative estimate of drug-likeness (QED) is 0.841. The molecule has 1 aromatic carbocycles. The Morgan fingerprint density at radius 1 is 1.37 bits per heavy atom. The number of para-hydroxylation sites is 1. The Morgan fingerprint density at radius 3 is 2.89 bits per heavy atom. The van der Waals surface area contributed by atoms with Crippen LogP contribution in [-0.4, -0.2) is 47.0 Å². The third kappa shape index (κ3) is 2.98. The van der Waals surface area contributed by atoms with E-state index in [1.54, 1.807) is 6.92 Å². The van der Waals surface area contributed by atoms with Gasteiger partial charge >= 0.3 is 5.97 Å². The van der Waals surface area contributed by atoms with Gasteiger partial charge < -0.3 is 10.1 Å². The maximum absolute atomic E-state index is 13.1. The summed E-state index contributed by atoms with van der Waals surface area (Å²) < 4.78 is 5.15. The molecule has 0 radical (unpaired) electrons. The van der Waals surface area contributed by atoms with Crippen molar-refractivity contribution in [3.8, 4) is 0 Å². The van der Waals surface area contributed by atoms with Crippen LogP contribution in [0.25, 0.3) is 10.9 Å². The molecule has 0 aliphatic carbocycles. The van der Waals surface area contributed by atoms with E-state index in [9.17, 15) is 9.59 Å². The number of fused-ring (bicyclic) bond motifs is 2. The Morgan fingerprint density at radius 2 is 2.15 bits per heavy atom. The SMILES string of the molecule is CCOC(=O)C[C@@H]1NC(=O)c2c3c(nc4ccccc24)CCN(C(C)C)[C@@H]31. The summed E-state index contributed by atoms with van der Waals surface area (Å²) in [5.74, 6) is -0.406. The number of hydrogen-bond donors (Lipinski definition) is 1. The molecular weight excluding hydrogens is 342 g/mol. The fourth-order valence-electron chi connectivity index (χ4n) is 4.46. The number of esters is 1. The molecule has 2 aliphatic heterocycles. The van der Waals surface area contributed by atoms with Gasteiger partial charge in [-0.05, 0) is 26.8 Å². The Labute approximate surface area is 158 Å². The van der Waals surface area contributed by atoms with E-state index >= 15 is 0 Å². The van der Waals surface area contributed by atoms with Gasteiger partial charge in [-0.3, -0.25) is 19.5 Å². The van der Waals surface area contributed by atoms with E-state index in [0.29, 0.717) is 18.2 Å². The molecule has 2 aliphatic rings. The normalized spacial score (nSPS) is 21.9. The molecule has 3 heterocycles. The van der Waals surface area contributed by atoms with Gasteiger partial charge in [0, 0.05) is 35.7 Å². The molecule has 0 saturated carbocycles. The molecule has 0 spiro atoms. The average Bonchev–Trinajstić information content (AvgIpc) is 2.64. The van der Waals surface area contributed by atoms with Gasteiger partial charge in [0.05, 0.1) is 36.2 Å². The highest BCUT2D eigenvalue weighted by Gasteiger charge is 2.44. The lowest BCUT2D eigenvalue weighted by Gasteiger charge is -2.46. The largest absolute Gasteiger partial charge is 0.466 e. The van der Waals surface area contributed by atoms with Crippen molar-refractivity contribution in [1.82, 2.24) is 15.2 Å². The second-order valence-corrected chi connectivity index (χ2v) is 7.48. The number of carbonyl (C=O) groups excluding carboxylic acids is 2. The highest BCUT2D eigenvalue weighted by Crippen LogP contribution is 2.41. The first-order chi connectivity index (χ1) is 13.0. The zero-order valence-corrected chi connectivity index (χ0v) is 16.0. The zero-order chi connectivity index (χ0) is 19.1. The van der Waals surface area contributed by atoms with E-state index in [-0.39, 0.29) is 30.4 Å². The molecule has 6 heteroatoms. The summed E-state index contributed by atoms with van der Waals surface area (Å²) in [6, 6.07) is 7.70. The second kappa shape index (κ2) is 6.93. The summed E-state index contributed by atoms with van der Waals surface area (Å²) in [4.78, 5) is 32.5. The number of nitrogens with zero attached hydrogens (tertiary/aromatic N) is 2. The third-order valence-electron chi connectivity index (χ3n) is 5.55. The number of amides is 1. The van der Waals surface area contributed by atoms with E-state index in [1.165, 1.54) is 0 Å². The van der Waals surface area contributed by atoms with Crippen molar-refractivity contribution in [1.29, 1.82) is 0 Å². The number of benzene rings is 1. The molecule has 0 bridgehead atoms. The molecule has 6 nitrogen and oxygen atoms in total. The van der Waals surface area contributed by atoms with Crippen molar-refractivity contribution in [2.24, 2.45) is 0 Å². The Balaban J connectivity index is 1.88. The lowest BCUT2D eigenvalue weighted by Crippen LogP contribution is -2.55. The molecule has 0 unspecified atom stereocenters. The number of aromatic nitrogens is 1. The van der Waals surface area contributed by atoms with Crippen LogP contribution < -0.4 is 5.32 Å². The van der Waals surface area contributed by atoms with Gasteiger partial charge in [0.2, 0.25) is 0 Å². The molecule has 2 aromatic rings. The molecule has 1 amide bonds. The fraction of sp³-hybridized carbons (Fsp3) is 0.476. The maximum Gasteiger partial charge on any atom is 0.307 e. The number of rotatable bonds is 4. The number of carbonyl (C=O) groups is 2. The Bertz CT molecular complexity index is 909. The van der Waals surface area contributed by atoms with Gasteiger partial charge in [0.15, 0.2) is 0 Å². The molecule has 1 N–H and O–H groups in total. The highest BCUT2D eigenvalue weighted by molar-refractivity contribution is 6.09. The Hall–Kier alpha value is -2.47. The zero-order valence-electron chi connectivity index (χ0n) is 16.0. The summed E-state index contributed by atoms with van der Waals surface area (Å²) in [6.45, 7) is 7.29. The van der Waals surface area contributed by atoms with Crippen LogP contribution in [0.5, 0.6) is 0 Å². The van der Waals surface area contributed by atoms with Crippen LogP contribution in [0.2, 0.25) is 0 Å². The van der Waals surface area contributed by atoms with Gasteiger partial charge in [-0.2, -0.15) is 0 Å². The Kier molecular flexibility index (Phi) is 4.60. The molecule has 27 heavy (non-hydrogen) atoms. The first-order valence-corrected chi connectivity index (χ1v) is 9.65. The van der Waals surface area contributed by atoms with Crippen LogP contribution in [-0.2, 0) is 16.0 Å². The first-order valence-electron chi connectivity index (χ1n) is 9.65. The van der Waals surface area contributed by atoms with Crippen LogP contribution in [0, 0.1) is 0 Å². The van der Waals surface area contributed by atoms with E-state index in [2.05, 4.69) is 24.1 Å². The van der Waals surface area contributed by atoms with Crippen LogP contribution in [0.15, 0.2) is 24.3 Å². The van der Waals surface area contributed by atoms with Gasteiger partial charge in [0.1, 0.15) is 0 Å². The molecule has 142 valence electrons. The summed E-state index contributed by atoms with van der Waals surface area (Å²) in [7, 11) is 0. The van der Waals surface area contributed by atoms with Gasteiger partial charge in [-0.25, -0.2) is 0 Å². The number of hydrogen-bond acceptors (Lipinski definition) is 5. The summed E-state index contributed by atoms with van der Waals surface area (Å²) in [5.41, 5.74) is 3.54. The summed E-state index contributed by atoms with van der Waals surface area (Å²) in [6.07, 6.45) is 0.973. The molecule has 0 fully saturated rings. The molecular formula is C21H25N3O3. The minimum atomic E-state index is -0.312. The van der Waals surface area contributed by atoms with E-state index < -0.39 is 0 Å². The monoisotopic (exact) mass is 367 g/mol. The van der Waals surface area contributed by atoms with Crippen LogP contribution in [0.3, 0.4) is 0 Å². The number of ether oxygens (including phenoxy) is 1. The van der Waals surface area contributed by atoms with Crippen molar-refractivity contribution in [2.45, 2.75) is 51.7 Å². The van der Waals surface area contributed by atoms with E-state index in [0.717, 1.165) is 35.1 Å². The second-order valence-electron chi connectivity index (χ2n) is 7.48. The molecule has 2 atom stereocenters. The lowest BCUT2D eigenvalue weighted by molar-refractivity contribution is -0.144. The van der Waals surface area contributed by atoms with Gasteiger partial charge in [-0.1, -0.05) is 18.2 Å². The van der Waals surface area contributed by atoms with Crippen LogP contribution in [0.4, 0.5) is 0 Å². The van der Waals surface area contributed by atoms with Crippen LogP contribution >= 0.6 is 0 Å². The van der Waals surface area contributed by atoms with E-state index in [1.807, 2.05) is 24.3 Å². The van der Waals surface area contributed by atoms with E-state index in [4.69, 9.17) is 9.72 Å². The minimum absolute atomic E-state index is 0.0667. The molecule has 0 saturated heterocycles. The number of nitrogens with one attached hydrogen (secondary N) is 1. The summed E-state index contributed by atoms with van der Waals surface area (Å²) >= 11 is 0. The van der Waals surface area contributed by atoms with Crippen LogP contribution in [0.1, 0.15) is 54.8 Å². The highest BCUT2D eigenvalue weighted by atomic mass is 16.5. The minimum Gasteiger partial charge on any atom is -0.466 e. The lowest BCUT2D eigenvalue weighted by atomic mass is 9.81. The smallest absolute Gasteiger partial charge is 0.307 e. The van der Waals surface area contributed by atoms with Crippen molar-refractivity contribution in [2.75, 3.05) is 13.2 Å². The molecule has 1 aromatic heterocycles. The average molecular weight is 367 g/mol. The fourth-order valence-corrected chi connectivity index (χ4v) is 4.46. The topological polar surface area (TPSA) is 71.5 Å². The van der Waals surface area contributed by atoms with Crippen molar-refractivity contribution >= 4 is 22.8 Å². The van der Waals surface area contributed by atoms with Crippen molar-refractivity contribution in [3.05, 3.63) is 41.1 Å². The standard InChI is InChI=1S/C21H25N3O3/c1-4-27-17(25)11-16-20-19-15(9-10-24(20)12(2)3)22-14-8-6-5-7-13(14)18(19)21(26)23-16/h5-8,12,16,20H,4,9-11H2,1-3H3,(H,23,26)/t16-,20+/m0/s1.